The number of carbonyl (C=O) groups excluding carboxylic acids is 1. The van der Waals surface area contributed by atoms with Gasteiger partial charge in [0.15, 0.2) is 0 Å². The smallest absolute Gasteiger partial charge is 0.241 e. The monoisotopic (exact) mass is 430 g/mol. The highest BCUT2D eigenvalue weighted by molar-refractivity contribution is 7.92. The van der Waals surface area contributed by atoms with E-state index in [2.05, 4.69) is 5.32 Å². The minimum atomic E-state index is -3.65. The van der Waals surface area contributed by atoms with Crippen molar-refractivity contribution in [3.63, 3.8) is 0 Å². The number of sulfonamides is 1. The molecule has 0 bridgehead atoms. The first kappa shape index (κ1) is 22.2. The first-order chi connectivity index (χ1) is 14.0. The molecule has 7 heteroatoms. The van der Waals surface area contributed by atoms with Gasteiger partial charge in [-0.05, 0) is 37.5 Å². The zero-order chi connectivity index (χ0) is 22.1. The highest BCUT2D eigenvalue weighted by atomic mass is 32.2. The van der Waals surface area contributed by atoms with Crippen LogP contribution < -0.4 is 14.4 Å². The van der Waals surface area contributed by atoms with Crippen molar-refractivity contribution < 1.29 is 17.9 Å². The van der Waals surface area contributed by atoms with Gasteiger partial charge in [-0.3, -0.25) is 9.10 Å². The summed E-state index contributed by atoms with van der Waals surface area (Å²) in [5.41, 5.74) is 1.89. The van der Waals surface area contributed by atoms with E-state index in [9.17, 15) is 13.2 Å². The number of carbonyl (C=O) groups is 1. The molecule has 30 heavy (non-hydrogen) atoms. The van der Waals surface area contributed by atoms with Crippen LogP contribution in [0.5, 0.6) is 5.75 Å². The van der Waals surface area contributed by atoms with Gasteiger partial charge in [-0.1, -0.05) is 50.2 Å². The molecule has 162 valence electrons. The number of rotatable bonds is 6. The zero-order valence-electron chi connectivity index (χ0n) is 18.2. The van der Waals surface area contributed by atoms with Crippen molar-refractivity contribution in [2.24, 2.45) is 0 Å². The highest BCUT2D eigenvalue weighted by Gasteiger charge is 2.35. The predicted molar refractivity (Wildman–Crippen MR) is 119 cm³/mol. The van der Waals surface area contributed by atoms with E-state index in [0.717, 1.165) is 23.1 Å². The molecule has 2 aromatic carbocycles. The molecule has 0 unspecified atom stereocenters. The molecule has 1 atom stereocenters. The van der Waals surface area contributed by atoms with Gasteiger partial charge in [-0.25, -0.2) is 8.42 Å². The molecule has 3 rings (SSSR count). The first-order valence-corrected chi connectivity index (χ1v) is 12.0. The Kier molecular flexibility index (Phi) is 6.13. The van der Waals surface area contributed by atoms with Crippen molar-refractivity contribution in [2.45, 2.75) is 51.7 Å². The Labute approximate surface area is 179 Å². The lowest BCUT2D eigenvalue weighted by atomic mass is 9.89. The van der Waals surface area contributed by atoms with Gasteiger partial charge in [-0.2, -0.15) is 0 Å². The number of fused-ring (bicyclic) bond motifs is 1. The van der Waals surface area contributed by atoms with Crippen molar-refractivity contribution in [1.82, 2.24) is 5.32 Å². The molecule has 1 amide bonds. The predicted octanol–water partition coefficient (Wildman–Crippen LogP) is 3.99. The Morgan fingerprint density at radius 2 is 1.80 bits per heavy atom. The lowest BCUT2D eigenvalue weighted by molar-refractivity contribution is -0.120. The van der Waals surface area contributed by atoms with Crippen molar-refractivity contribution >= 4 is 21.6 Å². The van der Waals surface area contributed by atoms with Crippen LogP contribution >= 0.6 is 0 Å². The van der Waals surface area contributed by atoms with Crippen LogP contribution in [0.2, 0.25) is 0 Å². The van der Waals surface area contributed by atoms with Gasteiger partial charge in [0.25, 0.3) is 0 Å². The quantitative estimate of drug-likeness (QED) is 0.752. The van der Waals surface area contributed by atoms with Crippen LogP contribution in [0.3, 0.4) is 0 Å². The minimum Gasteiger partial charge on any atom is -0.487 e. The third kappa shape index (κ3) is 4.95. The minimum absolute atomic E-state index is 0.122. The number of ether oxygens (including phenoxy) is 1. The molecule has 1 aliphatic heterocycles. The van der Waals surface area contributed by atoms with E-state index in [1.165, 1.54) is 4.31 Å². The van der Waals surface area contributed by atoms with Crippen molar-refractivity contribution in [3.8, 4) is 5.75 Å². The van der Waals surface area contributed by atoms with Crippen LogP contribution in [0.25, 0.3) is 0 Å². The van der Waals surface area contributed by atoms with Gasteiger partial charge in [0.05, 0.1) is 18.0 Å². The molecular weight excluding hydrogens is 400 g/mol. The van der Waals surface area contributed by atoms with Gasteiger partial charge in [-0.15, -0.1) is 0 Å². The number of amides is 1. The van der Waals surface area contributed by atoms with Crippen molar-refractivity contribution in [1.29, 1.82) is 0 Å². The maximum Gasteiger partial charge on any atom is 0.241 e. The number of hydrogen-bond donors (Lipinski definition) is 1. The Morgan fingerprint density at radius 1 is 1.17 bits per heavy atom. The molecule has 1 N–H and O–H groups in total. The number of hydrogen-bond acceptors (Lipinski definition) is 4. The second-order valence-corrected chi connectivity index (χ2v) is 10.6. The summed E-state index contributed by atoms with van der Waals surface area (Å²) in [4.78, 5) is 13.0. The van der Waals surface area contributed by atoms with E-state index in [-0.39, 0.29) is 24.4 Å². The topological polar surface area (TPSA) is 75.7 Å². The van der Waals surface area contributed by atoms with Crippen molar-refractivity contribution in [3.05, 3.63) is 59.7 Å². The average molecular weight is 431 g/mol. The standard InChI is InChI=1S/C23H30N2O4S/c1-16(2)17-10-6-8-12-20(17)25(30(5,27)28)15-22(26)24-19-14-23(3,4)29-21-13-9-7-11-18(19)21/h6-13,16,19H,14-15H2,1-5H3,(H,24,26)/t19-/m0/s1. The summed E-state index contributed by atoms with van der Waals surface area (Å²) in [6, 6.07) is 14.7. The van der Waals surface area contributed by atoms with Crippen molar-refractivity contribution in [2.75, 3.05) is 17.1 Å². The van der Waals surface area contributed by atoms with Crippen LogP contribution in [-0.2, 0) is 14.8 Å². The summed E-state index contributed by atoms with van der Waals surface area (Å²) >= 11 is 0. The van der Waals surface area contributed by atoms with Crippen LogP contribution in [0.1, 0.15) is 57.2 Å². The summed E-state index contributed by atoms with van der Waals surface area (Å²) in [6.07, 6.45) is 1.72. The van der Waals surface area contributed by atoms with E-state index in [4.69, 9.17) is 4.74 Å². The Hall–Kier alpha value is -2.54. The maximum atomic E-state index is 13.0. The fourth-order valence-corrected chi connectivity index (χ4v) is 4.76. The average Bonchev–Trinajstić information content (AvgIpc) is 2.64. The van der Waals surface area contributed by atoms with Gasteiger partial charge >= 0.3 is 0 Å². The van der Waals surface area contributed by atoms with Gasteiger partial charge in [0.2, 0.25) is 15.9 Å². The second-order valence-electron chi connectivity index (χ2n) is 8.71. The van der Waals surface area contributed by atoms with Crippen LogP contribution in [-0.4, -0.2) is 32.7 Å². The Bertz CT molecular complexity index is 1030. The molecule has 1 aliphatic rings. The molecule has 0 aromatic heterocycles. The highest BCUT2D eigenvalue weighted by Crippen LogP contribution is 2.39. The molecular formula is C23H30N2O4S. The molecule has 0 saturated heterocycles. The molecule has 0 aliphatic carbocycles. The van der Waals surface area contributed by atoms with E-state index >= 15 is 0 Å². The fraction of sp³-hybridized carbons (Fsp3) is 0.435. The van der Waals surface area contributed by atoms with Gasteiger partial charge in [0.1, 0.15) is 17.9 Å². The van der Waals surface area contributed by atoms with E-state index in [1.807, 2.05) is 64.1 Å². The molecule has 0 radical (unpaired) electrons. The molecule has 0 spiro atoms. The van der Waals surface area contributed by atoms with E-state index in [0.29, 0.717) is 12.1 Å². The zero-order valence-corrected chi connectivity index (χ0v) is 19.0. The van der Waals surface area contributed by atoms with E-state index in [1.54, 1.807) is 12.1 Å². The maximum absolute atomic E-state index is 13.0. The number of anilines is 1. The van der Waals surface area contributed by atoms with Crippen LogP contribution in [0.15, 0.2) is 48.5 Å². The summed E-state index contributed by atoms with van der Waals surface area (Å²) in [5, 5.41) is 3.03. The fourth-order valence-electron chi connectivity index (χ4n) is 3.89. The summed E-state index contributed by atoms with van der Waals surface area (Å²) in [5.74, 6) is 0.511. The second kappa shape index (κ2) is 8.30. The normalized spacial score (nSPS) is 17.7. The van der Waals surface area contributed by atoms with Crippen LogP contribution in [0, 0.1) is 0 Å². The largest absolute Gasteiger partial charge is 0.487 e. The molecule has 6 nitrogen and oxygen atoms in total. The first-order valence-electron chi connectivity index (χ1n) is 10.1. The third-order valence-corrected chi connectivity index (χ3v) is 6.35. The summed E-state index contributed by atoms with van der Waals surface area (Å²) in [7, 11) is -3.65. The lowest BCUT2D eigenvalue weighted by Gasteiger charge is -2.38. The summed E-state index contributed by atoms with van der Waals surface area (Å²) in [6.45, 7) is 7.68. The van der Waals surface area contributed by atoms with Gasteiger partial charge < -0.3 is 10.1 Å². The molecule has 0 fully saturated rings. The third-order valence-electron chi connectivity index (χ3n) is 5.23. The number of para-hydroxylation sites is 2. The SMILES string of the molecule is CC(C)c1ccccc1N(CC(=O)N[C@H]1CC(C)(C)Oc2ccccc21)S(C)(=O)=O. The van der Waals surface area contributed by atoms with Crippen LogP contribution in [0.4, 0.5) is 5.69 Å². The molecule has 1 heterocycles. The Balaban J connectivity index is 1.87. The number of nitrogens with one attached hydrogen (secondary N) is 1. The summed E-state index contributed by atoms with van der Waals surface area (Å²) < 4.78 is 32.3. The van der Waals surface area contributed by atoms with Gasteiger partial charge in [0, 0.05) is 12.0 Å². The number of benzene rings is 2. The van der Waals surface area contributed by atoms with E-state index < -0.39 is 15.6 Å². The number of nitrogens with zero attached hydrogens (tertiary/aromatic N) is 1. The molecule has 0 saturated carbocycles. The molecule has 2 aromatic rings. The lowest BCUT2D eigenvalue weighted by Crippen LogP contribution is -2.45. The Morgan fingerprint density at radius 3 is 2.47 bits per heavy atom.